The molecule has 2 N–H and O–H groups in total. The Morgan fingerprint density at radius 3 is 2.76 bits per heavy atom. The second-order valence-electron chi connectivity index (χ2n) is 3.98. The molecule has 108 valence electrons. The SMILES string of the molecule is N#Cc1c(Cl)nsc1NCCNC(=O)c1ccc(Br)cc1. The molecular formula is C13H10BrClN4OS. The van der Waals surface area contributed by atoms with Crippen LogP contribution < -0.4 is 10.6 Å². The lowest BCUT2D eigenvalue weighted by atomic mass is 10.2. The topological polar surface area (TPSA) is 77.8 Å². The largest absolute Gasteiger partial charge is 0.373 e. The standard InChI is InChI=1S/C13H10BrClN4OS/c14-9-3-1-8(2-4-9)12(20)17-5-6-18-13-10(7-16)11(15)19-21-13/h1-4,18H,5-6H2,(H,17,20). The third kappa shape index (κ3) is 4.17. The minimum absolute atomic E-state index is 0.146. The lowest BCUT2D eigenvalue weighted by Gasteiger charge is -2.06. The van der Waals surface area contributed by atoms with Gasteiger partial charge in [0.2, 0.25) is 0 Å². The van der Waals surface area contributed by atoms with Gasteiger partial charge in [-0.3, -0.25) is 4.79 Å². The van der Waals surface area contributed by atoms with Crippen LogP contribution in [-0.4, -0.2) is 23.4 Å². The van der Waals surface area contributed by atoms with Crippen LogP contribution in [0.25, 0.3) is 0 Å². The van der Waals surface area contributed by atoms with Crippen LogP contribution in [0.3, 0.4) is 0 Å². The number of hydrogen-bond donors (Lipinski definition) is 2. The zero-order chi connectivity index (χ0) is 15.2. The molecule has 0 bridgehead atoms. The van der Waals surface area contributed by atoms with Gasteiger partial charge in [-0.15, -0.1) is 0 Å². The maximum absolute atomic E-state index is 11.9. The fraction of sp³-hybridized carbons (Fsp3) is 0.154. The number of aromatic nitrogens is 1. The molecule has 0 radical (unpaired) electrons. The monoisotopic (exact) mass is 384 g/mol. The van der Waals surface area contributed by atoms with E-state index in [0.29, 0.717) is 29.2 Å². The zero-order valence-electron chi connectivity index (χ0n) is 10.7. The normalized spacial score (nSPS) is 9.95. The number of benzene rings is 1. The number of hydrogen-bond acceptors (Lipinski definition) is 5. The van der Waals surface area contributed by atoms with E-state index in [1.165, 1.54) is 0 Å². The van der Waals surface area contributed by atoms with Crippen molar-refractivity contribution in [1.82, 2.24) is 9.69 Å². The molecule has 8 heteroatoms. The van der Waals surface area contributed by atoms with Gasteiger partial charge in [-0.1, -0.05) is 27.5 Å². The quantitative estimate of drug-likeness (QED) is 0.774. The summed E-state index contributed by atoms with van der Waals surface area (Å²) >= 11 is 10.2. The fourth-order valence-electron chi connectivity index (χ4n) is 1.54. The molecule has 21 heavy (non-hydrogen) atoms. The van der Waals surface area contributed by atoms with Gasteiger partial charge >= 0.3 is 0 Å². The molecule has 0 fully saturated rings. The maximum Gasteiger partial charge on any atom is 0.251 e. The van der Waals surface area contributed by atoms with E-state index < -0.39 is 0 Å². The van der Waals surface area contributed by atoms with Gasteiger partial charge in [0.25, 0.3) is 5.91 Å². The third-order valence-corrected chi connectivity index (χ3v) is 4.27. The first-order chi connectivity index (χ1) is 10.1. The van der Waals surface area contributed by atoms with Crippen molar-refractivity contribution in [3.63, 3.8) is 0 Å². The number of halogens is 2. The number of carbonyl (C=O) groups is 1. The van der Waals surface area contributed by atoms with E-state index in [2.05, 4.69) is 30.9 Å². The van der Waals surface area contributed by atoms with Crippen molar-refractivity contribution in [2.45, 2.75) is 0 Å². The predicted molar refractivity (Wildman–Crippen MR) is 86.8 cm³/mol. The first-order valence-corrected chi connectivity index (χ1v) is 7.89. The van der Waals surface area contributed by atoms with Gasteiger partial charge in [0.1, 0.15) is 16.6 Å². The van der Waals surface area contributed by atoms with Crippen LogP contribution in [0.15, 0.2) is 28.7 Å². The number of nitriles is 1. The molecule has 0 unspecified atom stereocenters. The van der Waals surface area contributed by atoms with Crippen molar-refractivity contribution in [3.8, 4) is 6.07 Å². The van der Waals surface area contributed by atoms with Crippen LogP contribution in [0.1, 0.15) is 15.9 Å². The smallest absolute Gasteiger partial charge is 0.251 e. The summed E-state index contributed by atoms with van der Waals surface area (Å²) in [6.07, 6.45) is 0. The minimum Gasteiger partial charge on any atom is -0.373 e. The van der Waals surface area contributed by atoms with Crippen LogP contribution in [0.5, 0.6) is 0 Å². The van der Waals surface area contributed by atoms with E-state index >= 15 is 0 Å². The maximum atomic E-state index is 11.9. The van der Waals surface area contributed by atoms with E-state index in [-0.39, 0.29) is 11.1 Å². The molecular weight excluding hydrogens is 376 g/mol. The van der Waals surface area contributed by atoms with E-state index in [9.17, 15) is 4.79 Å². The van der Waals surface area contributed by atoms with Crippen LogP contribution in [0.4, 0.5) is 5.00 Å². The van der Waals surface area contributed by atoms with Gasteiger partial charge in [-0.2, -0.15) is 9.64 Å². The summed E-state index contributed by atoms with van der Waals surface area (Å²) in [5, 5.41) is 15.5. The van der Waals surface area contributed by atoms with Gasteiger partial charge in [0.05, 0.1) is 0 Å². The Balaban J connectivity index is 1.81. The van der Waals surface area contributed by atoms with Crippen molar-refractivity contribution in [2.75, 3.05) is 18.4 Å². The molecule has 1 aromatic heterocycles. The number of amides is 1. The number of rotatable bonds is 5. The third-order valence-electron chi connectivity index (χ3n) is 2.56. The summed E-state index contributed by atoms with van der Waals surface area (Å²) in [7, 11) is 0. The average molecular weight is 386 g/mol. The molecule has 5 nitrogen and oxygen atoms in total. The van der Waals surface area contributed by atoms with Crippen LogP contribution in [0.2, 0.25) is 5.15 Å². The van der Waals surface area contributed by atoms with E-state index in [0.717, 1.165) is 16.0 Å². The highest BCUT2D eigenvalue weighted by Crippen LogP contribution is 2.26. The second kappa shape index (κ2) is 7.41. The van der Waals surface area contributed by atoms with E-state index in [4.69, 9.17) is 16.9 Å². The molecule has 0 spiro atoms. The summed E-state index contributed by atoms with van der Waals surface area (Å²) in [6.45, 7) is 0.907. The molecule has 1 heterocycles. The van der Waals surface area contributed by atoms with Gasteiger partial charge in [-0.05, 0) is 35.8 Å². The second-order valence-corrected chi connectivity index (χ2v) is 6.03. The summed E-state index contributed by atoms with van der Waals surface area (Å²) in [6, 6.07) is 9.09. The van der Waals surface area contributed by atoms with Crippen LogP contribution in [-0.2, 0) is 0 Å². The average Bonchev–Trinajstić information content (AvgIpc) is 2.84. The van der Waals surface area contributed by atoms with Crippen molar-refractivity contribution in [2.24, 2.45) is 0 Å². The Morgan fingerprint density at radius 2 is 2.10 bits per heavy atom. The Labute approximate surface area is 139 Å². The molecule has 0 atom stereocenters. The number of nitrogens with zero attached hydrogens (tertiary/aromatic N) is 2. The lowest BCUT2D eigenvalue weighted by Crippen LogP contribution is -2.28. The Bertz CT molecular complexity index is 680. The molecule has 0 saturated heterocycles. The first-order valence-electron chi connectivity index (χ1n) is 5.94. The van der Waals surface area contributed by atoms with Crippen molar-refractivity contribution in [3.05, 3.63) is 45.0 Å². The van der Waals surface area contributed by atoms with Gasteiger partial charge in [0, 0.05) is 23.1 Å². The highest BCUT2D eigenvalue weighted by molar-refractivity contribution is 9.10. The number of anilines is 1. The van der Waals surface area contributed by atoms with Crippen LogP contribution in [0, 0.1) is 11.3 Å². The Morgan fingerprint density at radius 1 is 1.38 bits per heavy atom. The molecule has 2 aromatic rings. The zero-order valence-corrected chi connectivity index (χ0v) is 13.8. The number of carbonyl (C=O) groups excluding carboxylic acids is 1. The van der Waals surface area contributed by atoms with Crippen molar-refractivity contribution >= 4 is 50.0 Å². The highest BCUT2D eigenvalue weighted by atomic mass is 79.9. The Kier molecular flexibility index (Phi) is 5.56. The van der Waals surface area contributed by atoms with E-state index in [1.54, 1.807) is 12.1 Å². The predicted octanol–water partition coefficient (Wildman–Crippen LogP) is 3.27. The minimum atomic E-state index is -0.146. The molecule has 1 amide bonds. The molecule has 0 saturated carbocycles. The first kappa shape index (κ1) is 15.8. The molecule has 0 aliphatic rings. The van der Waals surface area contributed by atoms with Crippen LogP contribution >= 0.6 is 39.1 Å². The van der Waals surface area contributed by atoms with Crippen molar-refractivity contribution < 1.29 is 4.79 Å². The molecule has 2 rings (SSSR count). The summed E-state index contributed by atoms with van der Waals surface area (Å²) < 4.78 is 4.81. The molecule has 0 aliphatic carbocycles. The van der Waals surface area contributed by atoms with Gasteiger partial charge in [-0.25, -0.2) is 0 Å². The lowest BCUT2D eigenvalue weighted by molar-refractivity contribution is 0.0955. The van der Waals surface area contributed by atoms with Gasteiger partial charge in [0.15, 0.2) is 5.15 Å². The summed E-state index contributed by atoms with van der Waals surface area (Å²) in [5.74, 6) is -0.146. The molecule has 1 aromatic carbocycles. The van der Waals surface area contributed by atoms with Crippen molar-refractivity contribution in [1.29, 1.82) is 5.26 Å². The Hall–Kier alpha value is -1.62. The molecule has 0 aliphatic heterocycles. The van der Waals surface area contributed by atoms with Gasteiger partial charge < -0.3 is 10.6 Å². The fourth-order valence-corrected chi connectivity index (χ4v) is 2.77. The highest BCUT2D eigenvalue weighted by Gasteiger charge is 2.11. The van der Waals surface area contributed by atoms with E-state index in [1.807, 2.05) is 18.2 Å². The number of nitrogens with one attached hydrogen (secondary N) is 2. The summed E-state index contributed by atoms with van der Waals surface area (Å²) in [5.41, 5.74) is 0.928. The summed E-state index contributed by atoms with van der Waals surface area (Å²) in [4.78, 5) is 11.9.